The van der Waals surface area contributed by atoms with Gasteiger partial charge in [-0.15, -0.1) is 0 Å². The average Bonchev–Trinajstić information content (AvgIpc) is 1.14. The molecule has 0 saturated heterocycles. The Morgan fingerprint density at radius 3 is 1.18 bits per heavy atom. The zero-order chi connectivity index (χ0) is 7.71. The van der Waals surface area contributed by atoms with Crippen LogP contribution in [0.4, 0.5) is 0 Å². The van der Waals surface area contributed by atoms with Crippen LogP contribution in [0.1, 0.15) is 0 Å². The molecule has 0 fully saturated rings. The summed E-state index contributed by atoms with van der Waals surface area (Å²) in [6.45, 7) is 1.84. The zero-order valence-electron chi connectivity index (χ0n) is 6.65. The Hall–Kier alpha value is 2.90. The molecular weight excluding hydrogens is 242 g/mol. The Morgan fingerprint density at radius 1 is 1.00 bits per heavy atom. The van der Waals surface area contributed by atoms with E-state index in [9.17, 15) is 18.9 Å². The van der Waals surface area contributed by atoms with Gasteiger partial charge in [0.15, 0.2) is 0 Å². The molecule has 2 atom stereocenters. The van der Waals surface area contributed by atoms with Crippen LogP contribution in [0.5, 0.6) is 0 Å². The van der Waals surface area contributed by atoms with Gasteiger partial charge in [0.25, 0.3) is 0 Å². The first kappa shape index (κ1) is 19.5. The van der Waals surface area contributed by atoms with Crippen LogP contribution in [-0.4, -0.2) is 94.7 Å². The molecule has 2 unspecified atom stereocenters. The van der Waals surface area contributed by atoms with Crippen molar-refractivity contribution in [3.05, 3.63) is 0 Å². The van der Waals surface area contributed by atoms with Crippen molar-refractivity contribution in [2.45, 2.75) is 0 Å². The summed E-state index contributed by atoms with van der Waals surface area (Å²) in [6, 6.07) is 0. The van der Waals surface area contributed by atoms with E-state index < -0.39 is 20.6 Å². The van der Waals surface area contributed by atoms with Crippen molar-refractivity contribution in [3.63, 3.8) is 0 Å². The fourth-order valence-electron chi connectivity index (χ4n) is 0.467. The summed E-state index contributed by atoms with van der Waals surface area (Å²) in [5.74, 6) is -0.708. The van der Waals surface area contributed by atoms with Crippen molar-refractivity contribution >= 4 is 90.2 Å². The maximum absolute atomic E-state index is 10.3. The third-order valence-corrected chi connectivity index (χ3v) is 4.62. The van der Waals surface area contributed by atoms with Crippen molar-refractivity contribution in [3.8, 4) is 0 Å². The van der Waals surface area contributed by atoms with Crippen LogP contribution in [0.15, 0.2) is 0 Å². The van der Waals surface area contributed by atoms with Gasteiger partial charge in [-0.25, -0.2) is 0 Å². The van der Waals surface area contributed by atoms with Gasteiger partial charge in [-0.05, 0) is 13.3 Å². The molecule has 0 spiro atoms. The summed E-state index contributed by atoms with van der Waals surface area (Å²) in [7, 11) is -7.23. The molecule has 0 rings (SSSR count). The molecule has 0 bridgehead atoms. The molecule has 0 N–H and O–H groups in total. The molecule has 0 saturated carbocycles. The van der Waals surface area contributed by atoms with E-state index >= 15 is 0 Å². The van der Waals surface area contributed by atoms with Crippen molar-refractivity contribution in [1.82, 2.24) is 0 Å². The summed E-state index contributed by atoms with van der Waals surface area (Å²) in [5.41, 5.74) is 0. The maximum atomic E-state index is 10.3. The molecule has 0 aromatic carbocycles. The number of hydrogen-bond acceptors (Lipinski definition) is 4. The fraction of sp³-hybridized carbons (Fsp3) is 1.00. The van der Waals surface area contributed by atoms with E-state index in [2.05, 4.69) is 0 Å². The van der Waals surface area contributed by atoms with E-state index in [-0.39, 0.29) is 75.5 Å². The summed E-state index contributed by atoms with van der Waals surface area (Å²) >= 11 is 0. The first-order valence-electron chi connectivity index (χ1n) is 2.26. The van der Waals surface area contributed by atoms with E-state index in [0.717, 1.165) is 13.3 Å². The monoisotopic (exact) mass is 250 g/mol. The maximum Gasteiger partial charge on any atom is 2.00 e. The molecule has 0 amide bonds. The molecule has 0 aromatic heterocycles. The first-order valence-corrected chi connectivity index (χ1v) is 6.77. The number of rotatable bonds is 2. The van der Waals surface area contributed by atoms with Gasteiger partial charge in [0.05, 0.1) is 0 Å². The minimum Gasteiger partial charge on any atom is -0.799 e. The molecule has 0 aliphatic heterocycles. The SMILES string of the molecule is CP(=O)([O-])CP(C)(=O)[O-].[Ca+2].[Ca+2]. The molecule has 0 radical (unpaired) electrons. The molecule has 0 aliphatic rings. The third-order valence-electron chi connectivity index (χ3n) is 0.514. The quantitative estimate of drug-likeness (QED) is 0.451. The Bertz CT molecular complexity index is 162. The Morgan fingerprint density at radius 2 is 1.18 bits per heavy atom. The topological polar surface area (TPSA) is 80.3 Å². The summed E-state index contributed by atoms with van der Waals surface area (Å²) in [6.07, 6.45) is 0. The van der Waals surface area contributed by atoms with Gasteiger partial charge in [-0.2, -0.15) is 0 Å². The molecular formula is C3H8Ca2O4P2+2. The van der Waals surface area contributed by atoms with Gasteiger partial charge in [-0.3, -0.25) is 0 Å². The van der Waals surface area contributed by atoms with Gasteiger partial charge in [0, 0.05) is 20.6 Å². The van der Waals surface area contributed by atoms with Gasteiger partial charge >= 0.3 is 75.5 Å². The van der Waals surface area contributed by atoms with Gasteiger partial charge < -0.3 is 18.9 Å². The van der Waals surface area contributed by atoms with Crippen LogP contribution < -0.4 is 9.79 Å². The molecule has 11 heavy (non-hydrogen) atoms. The van der Waals surface area contributed by atoms with Crippen molar-refractivity contribution in [1.29, 1.82) is 0 Å². The summed E-state index contributed by atoms with van der Waals surface area (Å²) in [5, 5.41) is 0. The van der Waals surface area contributed by atoms with Gasteiger partial charge in [0.2, 0.25) is 0 Å². The number of hydrogen-bond donors (Lipinski definition) is 0. The summed E-state index contributed by atoms with van der Waals surface area (Å²) in [4.78, 5) is 20.6. The van der Waals surface area contributed by atoms with Crippen LogP contribution in [0.25, 0.3) is 0 Å². The molecule has 0 aliphatic carbocycles. The third kappa shape index (κ3) is 19.3. The van der Waals surface area contributed by atoms with Crippen LogP contribution >= 0.6 is 14.7 Å². The average molecular weight is 250 g/mol. The molecule has 56 valence electrons. The van der Waals surface area contributed by atoms with E-state index in [1.807, 2.05) is 0 Å². The van der Waals surface area contributed by atoms with E-state index in [0.29, 0.717) is 0 Å². The van der Waals surface area contributed by atoms with Gasteiger partial charge in [-0.1, -0.05) is 0 Å². The van der Waals surface area contributed by atoms with Gasteiger partial charge in [0.1, 0.15) is 0 Å². The normalized spacial score (nSPS) is 20.0. The van der Waals surface area contributed by atoms with E-state index in [1.165, 1.54) is 0 Å². The predicted octanol–water partition coefficient (Wildman–Crippen LogP) is -1.28. The fourth-order valence-corrected chi connectivity index (χ4v) is 4.20. The molecule has 0 aromatic rings. The second kappa shape index (κ2) is 7.23. The Balaban J connectivity index is -0.000000320. The minimum atomic E-state index is -3.61. The first-order chi connectivity index (χ1) is 3.71. The van der Waals surface area contributed by atoms with Crippen LogP contribution in [0.3, 0.4) is 0 Å². The second-order valence-electron chi connectivity index (χ2n) is 2.17. The molecule has 4 nitrogen and oxygen atoms in total. The van der Waals surface area contributed by atoms with Crippen molar-refractivity contribution in [2.24, 2.45) is 0 Å². The minimum absolute atomic E-state index is 0. The molecule has 0 heterocycles. The zero-order valence-corrected chi connectivity index (χ0v) is 12.9. The van der Waals surface area contributed by atoms with Crippen LogP contribution in [0.2, 0.25) is 0 Å². The van der Waals surface area contributed by atoms with Crippen molar-refractivity contribution in [2.75, 3.05) is 19.2 Å². The smallest absolute Gasteiger partial charge is 0.799 e. The van der Waals surface area contributed by atoms with E-state index in [1.54, 1.807) is 0 Å². The predicted molar refractivity (Wildman–Crippen MR) is 43.4 cm³/mol. The standard InChI is InChI=1S/C3H10O4P2.2Ca/c1-8(4,5)3-9(2,6)7;;/h3H2,1-2H3,(H,4,5)(H,6,7);;/q;2*+2/p-2. The van der Waals surface area contributed by atoms with E-state index in [4.69, 9.17) is 0 Å². The molecule has 8 heteroatoms. The second-order valence-corrected chi connectivity index (χ2v) is 7.36. The van der Waals surface area contributed by atoms with Crippen molar-refractivity contribution < 1.29 is 18.9 Å². The Labute approximate surface area is 126 Å². The summed E-state index contributed by atoms with van der Waals surface area (Å²) < 4.78 is 20.6. The Kier molecular flexibility index (Phi) is 12.8. The largest absolute Gasteiger partial charge is 2.00 e. The van der Waals surface area contributed by atoms with Crippen LogP contribution in [-0.2, 0) is 9.13 Å². The van der Waals surface area contributed by atoms with Crippen LogP contribution in [0, 0.1) is 0 Å².